The smallest absolute Gasteiger partial charge is 0.251 e. The van der Waals surface area contributed by atoms with Crippen molar-refractivity contribution in [1.82, 2.24) is 9.88 Å². The zero-order valence-corrected chi connectivity index (χ0v) is 21.7. The van der Waals surface area contributed by atoms with Gasteiger partial charge in [0.05, 0.1) is 12.4 Å². The van der Waals surface area contributed by atoms with Gasteiger partial charge in [-0.05, 0) is 74.4 Å². The average Bonchev–Trinajstić information content (AvgIpc) is 3.23. The third kappa shape index (κ3) is 6.29. The number of amides is 2. The molecule has 4 aromatic rings. The quantitative estimate of drug-likeness (QED) is 0.269. The lowest BCUT2D eigenvalue weighted by molar-refractivity contribution is -0.113. The number of anilines is 1. The Hall–Kier alpha value is -3.71. The van der Waals surface area contributed by atoms with Gasteiger partial charge in [0.1, 0.15) is 5.75 Å². The van der Waals surface area contributed by atoms with Crippen LogP contribution in [0.5, 0.6) is 5.75 Å². The van der Waals surface area contributed by atoms with Crippen LogP contribution in [0.1, 0.15) is 28.4 Å². The molecule has 2 amide bonds. The van der Waals surface area contributed by atoms with Crippen molar-refractivity contribution in [2.24, 2.45) is 0 Å². The highest BCUT2D eigenvalue weighted by atomic mass is 32.2. The molecule has 2 N–H and O–H groups in total. The van der Waals surface area contributed by atoms with Crippen LogP contribution in [-0.2, 0) is 11.3 Å². The number of nitrogens with one attached hydrogen (secondary N) is 2. The predicted molar refractivity (Wildman–Crippen MR) is 147 cm³/mol. The number of para-hydroxylation sites is 1. The fourth-order valence-corrected chi connectivity index (χ4v) is 4.82. The molecule has 4 rings (SSSR count). The fourth-order valence-electron chi connectivity index (χ4n) is 3.93. The fraction of sp³-hybridized carbons (Fsp3) is 0.241. The molecule has 0 radical (unpaired) electrons. The third-order valence-corrected chi connectivity index (χ3v) is 7.01. The molecule has 0 spiro atoms. The van der Waals surface area contributed by atoms with Crippen LogP contribution in [-0.4, -0.2) is 35.3 Å². The van der Waals surface area contributed by atoms with Gasteiger partial charge in [-0.25, -0.2) is 0 Å². The van der Waals surface area contributed by atoms with E-state index in [1.165, 1.54) is 17.3 Å². The Labute approximate surface area is 216 Å². The highest BCUT2D eigenvalue weighted by Gasteiger charge is 2.12. The minimum atomic E-state index is -0.0740. The molecule has 0 saturated carbocycles. The second-order valence-corrected chi connectivity index (χ2v) is 9.57. The van der Waals surface area contributed by atoms with E-state index in [0.29, 0.717) is 31.0 Å². The lowest BCUT2D eigenvalue weighted by Crippen LogP contribution is -2.27. The lowest BCUT2D eigenvalue weighted by atomic mass is 10.1. The van der Waals surface area contributed by atoms with Gasteiger partial charge in [-0.15, -0.1) is 11.8 Å². The normalized spacial score (nSPS) is 10.9. The van der Waals surface area contributed by atoms with Crippen LogP contribution in [0.3, 0.4) is 0 Å². The van der Waals surface area contributed by atoms with E-state index in [-0.39, 0.29) is 11.8 Å². The zero-order valence-electron chi connectivity index (χ0n) is 20.8. The molecule has 0 aliphatic carbocycles. The second kappa shape index (κ2) is 11.8. The average molecular weight is 502 g/mol. The Bertz CT molecular complexity index is 1360. The van der Waals surface area contributed by atoms with Crippen molar-refractivity contribution in [3.63, 3.8) is 0 Å². The molecule has 0 aliphatic heterocycles. The summed E-state index contributed by atoms with van der Waals surface area (Å²) in [5.74, 6) is 0.935. The van der Waals surface area contributed by atoms with Gasteiger partial charge in [0, 0.05) is 46.3 Å². The van der Waals surface area contributed by atoms with Crippen molar-refractivity contribution in [2.75, 3.05) is 24.2 Å². The van der Waals surface area contributed by atoms with Gasteiger partial charge in [0.15, 0.2) is 0 Å². The molecular formula is C29H31N3O3S. The van der Waals surface area contributed by atoms with Crippen molar-refractivity contribution < 1.29 is 14.3 Å². The SMILES string of the molecule is CCOc1ccc(NC(=O)CSc2cn(CCNC(=O)c3ccc(C)c(C)c3)c3ccccc23)cc1. The first-order valence-electron chi connectivity index (χ1n) is 12.0. The van der Waals surface area contributed by atoms with Crippen molar-refractivity contribution in [1.29, 1.82) is 0 Å². The number of carbonyl (C=O) groups excluding carboxylic acids is 2. The summed E-state index contributed by atoms with van der Waals surface area (Å²) < 4.78 is 7.57. The van der Waals surface area contributed by atoms with Crippen molar-refractivity contribution in [2.45, 2.75) is 32.2 Å². The van der Waals surface area contributed by atoms with E-state index in [1.54, 1.807) is 0 Å². The van der Waals surface area contributed by atoms with Gasteiger partial charge in [0.25, 0.3) is 5.91 Å². The van der Waals surface area contributed by atoms with Crippen LogP contribution in [0.15, 0.2) is 77.8 Å². The number of ether oxygens (including phenoxy) is 1. The van der Waals surface area contributed by atoms with E-state index in [1.807, 2.05) is 75.4 Å². The number of nitrogens with zero attached hydrogens (tertiary/aromatic N) is 1. The number of aromatic nitrogens is 1. The summed E-state index contributed by atoms with van der Waals surface area (Å²) in [5, 5.41) is 7.05. The molecule has 0 unspecified atom stereocenters. The zero-order chi connectivity index (χ0) is 25.5. The molecule has 0 fully saturated rings. The topological polar surface area (TPSA) is 72.4 Å². The highest BCUT2D eigenvalue weighted by molar-refractivity contribution is 8.00. The van der Waals surface area contributed by atoms with Gasteiger partial charge in [-0.2, -0.15) is 0 Å². The molecule has 3 aromatic carbocycles. The summed E-state index contributed by atoms with van der Waals surface area (Å²) in [6.45, 7) is 7.73. The first-order chi connectivity index (χ1) is 17.4. The van der Waals surface area contributed by atoms with E-state index < -0.39 is 0 Å². The number of aryl methyl sites for hydroxylation is 2. The van der Waals surface area contributed by atoms with Gasteiger partial charge in [0.2, 0.25) is 5.91 Å². The molecule has 1 aromatic heterocycles. The van der Waals surface area contributed by atoms with Crippen LogP contribution < -0.4 is 15.4 Å². The van der Waals surface area contributed by atoms with E-state index in [9.17, 15) is 9.59 Å². The van der Waals surface area contributed by atoms with Crippen LogP contribution in [0.25, 0.3) is 10.9 Å². The molecule has 6 nitrogen and oxygen atoms in total. The first-order valence-corrected chi connectivity index (χ1v) is 13.0. The maximum atomic E-state index is 12.6. The molecule has 0 saturated heterocycles. The van der Waals surface area contributed by atoms with E-state index in [0.717, 1.165) is 32.8 Å². The summed E-state index contributed by atoms with van der Waals surface area (Å²) in [6, 6.07) is 21.2. The monoisotopic (exact) mass is 501 g/mol. The summed E-state index contributed by atoms with van der Waals surface area (Å²) >= 11 is 1.50. The number of benzene rings is 3. The van der Waals surface area contributed by atoms with Crippen LogP contribution in [0, 0.1) is 13.8 Å². The maximum Gasteiger partial charge on any atom is 0.251 e. The number of hydrogen-bond acceptors (Lipinski definition) is 4. The number of hydrogen-bond donors (Lipinski definition) is 2. The Morgan fingerprint density at radius 1 is 0.972 bits per heavy atom. The van der Waals surface area contributed by atoms with Crippen LogP contribution in [0.2, 0.25) is 0 Å². The maximum absolute atomic E-state index is 12.6. The molecule has 0 aliphatic rings. The van der Waals surface area contributed by atoms with Crippen molar-refractivity contribution >= 4 is 40.2 Å². The number of carbonyl (C=O) groups is 2. The summed E-state index contributed by atoms with van der Waals surface area (Å²) in [7, 11) is 0. The summed E-state index contributed by atoms with van der Waals surface area (Å²) in [6.07, 6.45) is 2.06. The van der Waals surface area contributed by atoms with E-state index >= 15 is 0 Å². The Kier molecular flexibility index (Phi) is 8.33. The first kappa shape index (κ1) is 25.4. The molecule has 36 heavy (non-hydrogen) atoms. The Balaban J connectivity index is 1.35. The molecule has 7 heteroatoms. The number of fused-ring (bicyclic) bond motifs is 1. The minimum Gasteiger partial charge on any atom is -0.494 e. The van der Waals surface area contributed by atoms with E-state index in [2.05, 4.69) is 33.5 Å². The Morgan fingerprint density at radius 3 is 2.50 bits per heavy atom. The number of thioether (sulfide) groups is 1. The molecule has 0 bridgehead atoms. The van der Waals surface area contributed by atoms with Gasteiger partial charge in [-0.1, -0.05) is 24.3 Å². The van der Waals surface area contributed by atoms with Crippen LogP contribution in [0.4, 0.5) is 5.69 Å². The summed E-state index contributed by atoms with van der Waals surface area (Å²) in [4.78, 5) is 26.2. The van der Waals surface area contributed by atoms with Crippen molar-refractivity contribution in [3.8, 4) is 5.75 Å². The third-order valence-electron chi connectivity index (χ3n) is 5.97. The highest BCUT2D eigenvalue weighted by Crippen LogP contribution is 2.30. The van der Waals surface area contributed by atoms with E-state index in [4.69, 9.17) is 4.74 Å². The van der Waals surface area contributed by atoms with Crippen LogP contribution >= 0.6 is 11.8 Å². The standard InChI is InChI=1S/C29H31N3O3S/c1-4-35-24-13-11-23(12-14-24)31-28(33)19-36-27-18-32(26-8-6-5-7-25(26)27)16-15-30-29(34)22-10-9-20(2)21(3)17-22/h5-14,17-18H,4,15-16,19H2,1-3H3,(H,30,34)(H,31,33). The second-order valence-electron chi connectivity index (χ2n) is 8.55. The lowest BCUT2D eigenvalue weighted by Gasteiger charge is -2.09. The number of rotatable bonds is 10. The molecule has 1 heterocycles. The van der Waals surface area contributed by atoms with Gasteiger partial charge >= 0.3 is 0 Å². The minimum absolute atomic E-state index is 0.0679. The largest absolute Gasteiger partial charge is 0.494 e. The molecule has 0 atom stereocenters. The molecular weight excluding hydrogens is 470 g/mol. The van der Waals surface area contributed by atoms with Gasteiger partial charge < -0.3 is 19.9 Å². The van der Waals surface area contributed by atoms with Crippen molar-refractivity contribution in [3.05, 3.63) is 89.6 Å². The van der Waals surface area contributed by atoms with Gasteiger partial charge in [-0.3, -0.25) is 9.59 Å². The predicted octanol–water partition coefficient (Wildman–Crippen LogP) is 5.82. The molecule has 186 valence electrons. The summed E-state index contributed by atoms with van der Waals surface area (Å²) in [5.41, 5.74) is 4.76. The Morgan fingerprint density at radius 2 is 1.75 bits per heavy atom.